The molecule has 2 aliphatic rings. The molecule has 1 saturated heterocycles. The van der Waals surface area contributed by atoms with Gasteiger partial charge in [0.15, 0.2) is 0 Å². The van der Waals surface area contributed by atoms with Crippen LogP contribution in [0, 0.1) is 5.92 Å². The number of piperidine rings is 1. The van der Waals surface area contributed by atoms with E-state index in [1.54, 1.807) is 0 Å². The summed E-state index contributed by atoms with van der Waals surface area (Å²) < 4.78 is 0. The lowest BCUT2D eigenvalue weighted by Crippen LogP contribution is -2.48. The highest BCUT2D eigenvalue weighted by Crippen LogP contribution is 2.29. The normalized spacial score (nSPS) is 22.4. The van der Waals surface area contributed by atoms with E-state index in [1.807, 2.05) is 12.3 Å². The molecule has 5 nitrogen and oxygen atoms in total. The van der Waals surface area contributed by atoms with E-state index in [4.69, 9.17) is 0 Å². The molecule has 1 unspecified atom stereocenters. The first-order valence-corrected chi connectivity index (χ1v) is 8.01. The van der Waals surface area contributed by atoms with Crippen LogP contribution in [-0.4, -0.2) is 35.0 Å². The van der Waals surface area contributed by atoms with Crippen LogP contribution < -0.4 is 10.2 Å². The molecule has 1 atom stereocenters. The average molecular weight is 288 g/mol. The molecule has 0 spiro atoms. The number of nitrogens with zero attached hydrogens (tertiary/aromatic N) is 3. The smallest absolute Gasteiger partial charge is 0.223 e. The van der Waals surface area contributed by atoms with Gasteiger partial charge in [0.2, 0.25) is 5.91 Å². The van der Waals surface area contributed by atoms with Crippen molar-refractivity contribution in [1.29, 1.82) is 0 Å². The number of rotatable bonds is 4. The molecule has 1 amide bonds. The van der Waals surface area contributed by atoms with E-state index in [0.29, 0.717) is 5.92 Å². The fraction of sp³-hybridized carbons (Fsp3) is 0.688. The SMILES string of the molecule is CC(C)c1nccc(N2CCCC(NC(=O)C3CC3)C2)n1. The molecule has 0 radical (unpaired) electrons. The number of carbonyl (C=O) groups is 1. The molecule has 2 heterocycles. The predicted molar refractivity (Wildman–Crippen MR) is 82.2 cm³/mol. The second-order valence-electron chi connectivity index (χ2n) is 6.50. The predicted octanol–water partition coefficient (Wildman–Crippen LogP) is 2.09. The van der Waals surface area contributed by atoms with E-state index in [1.165, 1.54) is 0 Å². The zero-order valence-electron chi connectivity index (χ0n) is 12.9. The summed E-state index contributed by atoms with van der Waals surface area (Å²) in [6.07, 6.45) is 6.12. The van der Waals surface area contributed by atoms with Crippen LogP contribution in [0.15, 0.2) is 12.3 Å². The molecular formula is C16H24N4O. The fourth-order valence-electron chi connectivity index (χ4n) is 2.79. The van der Waals surface area contributed by atoms with E-state index in [9.17, 15) is 4.79 Å². The Morgan fingerprint density at radius 2 is 2.19 bits per heavy atom. The van der Waals surface area contributed by atoms with Crippen LogP contribution in [0.2, 0.25) is 0 Å². The van der Waals surface area contributed by atoms with Gasteiger partial charge >= 0.3 is 0 Å². The summed E-state index contributed by atoms with van der Waals surface area (Å²) in [5.74, 6) is 2.73. The van der Waals surface area contributed by atoms with Crippen molar-refractivity contribution < 1.29 is 4.79 Å². The minimum absolute atomic E-state index is 0.243. The zero-order valence-corrected chi connectivity index (χ0v) is 12.9. The van der Waals surface area contributed by atoms with Crippen molar-refractivity contribution in [2.75, 3.05) is 18.0 Å². The quantitative estimate of drug-likeness (QED) is 0.921. The van der Waals surface area contributed by atoms with Crippen molar-refractivity contribution >= 4 is 11.7 Å². The Kier molecular flexibility index (Phi) is 4.08. The third-order valence-corrected chi connectivity index (χ3v) is 4.22. The summed E-state index contributed by atoms with van der Waals surface area (Å²) in [4.78, 5) is 23.2. The van der Waals surface area contributed by atoms with E-state index in [2.05, 4.69) is 34.0 Å². The van der Waals surface area contributed by atoms with Crippen molar-refractivity contribution in [2.45, 2.75) is 51.5 Å². The van der Waals surface area contributed by atoms with E-state index >= 15 is 0 Å². The maximum atomic E-state index is 11.9. The Labute approximate surface area is 126 Å². The van der Waals surface area contributed by atoms with Crippen molar-refractivity contribution in [3.05, 3.63) is 18.1 Å². The minimum atomic E-state index is 0.243. The van der Waals surface area contributed by atoms with E-state index in [-0.39, 0.29) is 17.9 Å². The summed E-state index contributed by atoms with van der Waals surface area (Å²) in [7, 11) is 0. The average Bonchev–Trinajstić information content (AvgIpc) is 3.32. The van der Waals surface area contributed by atoms with Crippen LogP contribution in [0.25, 0.3) is 0 Å². The Hall–Kier alpha value is -1.65. The number of aromatic nitrogens is 2. The molecule has 1 aliphatic carbocycles. The summed E-state index contributed by atoms with van der Waals surface area (Å²) in [5, 5.41) is 3.19. The van der Waals surface area contributed by atoms with Crippen LogP contribution >= 0.6 is 0 Å². The minimum Gasteiger partial charge on any atom is -0.354 e. The molecule has 1 N–H and O–H groups in total. The zero-order chi connectivity index (χ0) is 14.8. The molecule has 2 fully saturated rings. The standard InChI is InChI=1S/C16H24N4O/c1-11(2)15-17-8-7-14(19-15)20-9-3-4-13(10-20)18-16(21)12-5-6-12/h7-8,11-13H,3-6,9-10H2,1-2H3,(H,18,21). The topological polar surface area (TPSA) is 58.1 Å². The molecule has 21 heavy (non-hydrogen) atoms. The summed E-state index contributed by atoms with van der Waals surface area (Å²) >= 11 is 0. The van der Waals surface area contributed by atoms with Gasteiger partial charge in [0.1, 0.15) is 11.6 Å². The monoisotopic (exact) mass is 288 g/mol. The summed E-state index contributed by atoms with van der Waals surface area (Å²) in [5.41, 5.74) is 0. The highest BCUT2D eigenvalue weighted by molar-refractivity contribution is 5.81. The van der Waals surface area contributed by atoms with Gasteiger partial charge in [-0.15, -0.1) is 0 Å². The molecule has 1 aromatic rings. The van der Waals surface area contributed by atoms with Gasteiger partial charge in [-0.05, 0) is 31.7 Å². The maximum absolute atomic E-state index is 11.9. The second kappa shape index (κ2) is 6.00. The molecule has 0 aromatic carbocycles. The Balaban J connectivity index is 1.64. The Morgan fingerprint density at radius 1 is 1.38 bits per heavy atom. The van der Waals surface area contributed by atoms with Gasteiger partial charge in [-0.1, -0.05) is 13.8 Å². The second-order valence-corrected chi connectivity index (χ2v) is 6.50. The van der Waals surface area contributed by atoms with Crippen LogP contribution in [-0.2, 0) is 4.79 Å². The molecule has 1 saturated carbocycles. The molecule has 0 bridgehead atoms. The Bertz CT molecular complexity index is 513. The van der Waals surface area contributed by atoms with Crippen molar-refractivity contribution in [3.63, 3.8) is 0 Å². The highest BCUT2D eigenvalue weighted by Gasteiger charge is 2.32. The molecule has 5 heteroatoms. The number of anilines is 1. The first kappa shape index (κ1) is 14.3. The number of nitrogens with one attached hydrogen (secondary N) is 1. The first-order chi connectivity index (χ1) is 10.1. The van der Waals surface area contributed by atoms with Crippen LogP contribution in [0.5, 0.6) is 0 Å². The molecule has 3 rings (SSSR count). The maximum Gasteiger partial charge on any atom is 0.223 e. The van der Waals surface area contributed by atoms with E-state index in [0.717, 1.165) is 50.4 Å². The number of hydrogen-bond acceptors (Lipinski definition) is 4. The fourth-order valence-corrected chi connectivity index (χ4v) is 2.79. The van der Waals surface area contributed by atoms with Gasteiger partial charge in [-0.25, -0.2) is 9.97 Å². The number of amides is 1. The lowest BCUT2D eigenvalue weighted by atomic mass is 10.1. The molecular weight excluding hydrogens is 264 g/mol. The lowest BCUT2D eigenvalue weighted by molar-refractivity contribution is -0.123. The van der Waals surface area contributed by atoms with Gasteiger partial charge < -0.3 is 10.2 Å². The first-order valence-electron chi connectivity index (χ1n) is 8.01. The van der Waals surface area contributed by atoms with Crippen LogP contribution in [0.4, 0.5) is 5.82 Å². The van der Waals surface area contributed by atoms with E-state index < -0.39 is 0 Å². The molecule has 114 valence electrons. The van der Waals surface area contributed by atoms with Crippen LogP contribution in [0.1, 0.15) is 51.3 Å². The van der Waals surface area contributed by atoms with Gasteiger partial charge in [0, 0.05) is 37.2 Å². The van der Waals surface area contributed by atoms with Crippen molar-refractivity contribution in [1.82, 2.24) is 15.3 Å². The third-order valence-electron chi connectivity index (χ3n) is 4.22. The lowest BCUT2D eigenvalue weighted by Gasteiger charge is -2.34. The van der Waals surface area contributed by atoms with Gasteiger partial charge in [-0.2, -0.15) is 0 Å². The highest BCUT2D eigenvalue weighted by atomic mass is 16.2. The Morgan fingerprint density at radius 3 is 2.90 bits per heavy atom. The number of carbonyl (C=O) groups excluding carboxylic acids is 1. The van der Waals surface area contributed by atoms with Crippen molar-refractivity contribution in [2.24, 2.45) is 5.92 Å². The summed E-state index contributed by atoms with van der Waals surface area (Å²) in [6.45, 7) is 6.07. The van der Waals surface area contributed by atoms with Crippen molar-refractivity contribution in [3.8, 4) is 0 Å². The van der Waals surface area contributed by atoms with Gasteiger partial charge in [0.05, 0.1) is 0 Å². The van der Waals surface area contributed by atoms with Gasteiger partial charge in [-0.3, -0.25) is 4.79 Å². The van der Waals surface area contributed by atoms with Gasteiger partial charge in [0.25, 0.3) is 0 Å². The molecule has 1 aliphatic heterocycles. The van der Waals surface area contributed by atoms with Crippen LogP contribution in [0.3, 0.4) is 0 Å². The third kappa shape index (κ3) is 3.52. The summed E-state index contributed by atoms with van der Waals surface area (Å²) in [6, 6.07) is 2.22. The number of hydrogen-bond donors (Lipinski definition) is 1. The molecule has 1 aromatic heterocycles. The largest absolute Gasteiger partial charge is 0.354 e.